The van der Waals surface area contributed by atoms with Crippen LogP contribution in [0.15, 0.2) is 16.6 Å². The molecule has 0 unspecified atom stereocenters. The number of hydrogen-bond acceptors (Lipinski definition) is 0. The minimum atomic E-state index is 1.17. The molecule has 0 fully saturated rings. The van der Waals surface area contributed by atoms with E-state index >= 15 is 0 Å². The van der Waals surface area contributed by atoms with Gasteiger partial charge in [0.1, 0.15) is 0 Å². The van der Waals surface area contributed by atoms with Crippen molar-refractivity contribution < 1.29 is 0 Å². The molecule has 47 valence electrons. The Bertz CT molecular complexity index is 196. The van der Waals surface area contributed by atoms with Crippen molar-refractivity contribution in [2.75, 3.05) is 0 Å². The molecule has 1 aromatic carbocycles. The summed E-state index contributed by atoms with van der Waals surface area (Å²) in [5.41, 5.74) is 2.45. The zero-order valence-electron chi connectivity index (χ0n) is 5.53. The summed E-state index contributed by atoms with van der Waals surface area (Å²) < 4.78 is 1.17. The molecular weight excluding hydrogens is 176 g/mol. The summed E-state index contributed by atoms with van der Waals surface area (Å²) in [4.78, 5) is 0. The van der Waals surface area contributed by atoms with Gasteiger partial charge in [0.25, 0.3) is 0 Å². The second-order valence-electron chi connectivity index (χ2n) is 2.10. The van der Waals surface area contributed by atoms with Crippen molar-refractivity contribution in [1.82, 2.24) is 0 Å². The van der Waals surface area contributed by atoms with E-state index in [0.29, 0.717) is 0 Å². The molecule has 0 saturated heterocycles. The van der Waals surface area contributed by atoms with E-state index in [9.17, 15) is 0 Å². The Morgan fingerprint density at radius 3 is 2.56 bits per heavy atom. The van der Waals surface area contributed by atoms with Crippen LogP contribution in [0.5, 0.6) is 0 Å². The van der Waals surface area contributed by atoms with Crippen LogP contribution in [0.2, 0.25) is 0 Å². The van der Waals surface area contributed by atoms with Gasteiger partial charge in [-0.25, -0.2) is 0 Å². The van der Waals surface area contributed by atoms with Crippen LogP contribution in [0.25, 0.3) is 0 Å². The quantitative estimate of drug-likeness (QED) is 0.581. The van der Waals surface area contributed by atoms with Gasteiger partial charge in [-0.05, 0) is 31.0 Å². The molecule has 1 radical (unpaired) electrons. The fourth-order valence-corrected chi connectivity index (χ4v) is 0.971. The van der Waals surface area contributed by atoms with Gasteiger partial charge in [-0.1, -0.05) is 28.1 Å². The molecule has 0 saturated carbocycles. The summed E-state index contributed by atoms with van der Waals surface area (Å²) in [7, 11) is 0. The Balaban J connectivity index is 3.25. The van der Waals surface area contributed by atoms with Crippen LogP contribution in [0.3, 0.4) is 0 Å². The van der Waals surface area contributed by atoms with Gasteiger partial charge >= 0.3 is 0 Å². The minimum absolute atomic E-state index is 1.17. The van der Waals surface area contributed by atoms with E-state index in [4.69, 9.17) is 0 Å². The molecule has 0 aromatic heterocycles. The largest absolute Gasteiger partial charge is 0.0576 e. The second-order valence-corrected chi connectivity index (χ2v) is 2.89. The lowest BCUT2D eigenvalue weighted by Crippen LogP contribution is -1.78. The Kier molecular flexibility index (Phi) is 1.91. The van der Waals surface area contributed by atoms with E-state index in [2.05, 4.69) is 28.9 Å². The summed E-state index contributed by atoms with van der Waals surface area (Å²) in [5, 5.41) is 0. The number of rotatable bonds is 0. The van der Waals surface area contributed by atoms with Crippen molar-refractivity contribution in [3.8, 4) is 0 Å². The highest BCUT2D eigenvalue weighted by atomic mass is 79.9. The van der Waals surface area contributed by atoms with Crippen LogP contribution < -0.4 is 0 Å². The molecule has 0 heterocycles. The van der Waals surface area contributed by atoms with Gasteiger partial charge in [0, 0.05) is 4.47 Å². The smallest absolute Gasteiger partial charge is 0.0239 e. The third-order valence-corrected chi connectivity index (χ3v) is 2.53. The van der Waals surface area contributed by atoms with Gasteiger partial charge < -0.3 is 0 Å². The first kappa shape index (κ1) is 6.81. The van der Waals surface area contributed by atoms with Gasteiger partial charge in [-0.2, -0.15) is 0 Å². The van der Waals surface area contributed by atoms with E-state index in [1.807, 2.05) is 19.1 Å². The number of halogens is 1. The minimum Gasteiger partial charge on any atom is -0.0576 e. The average Bonchev–Trinajstić information content (AvgIpc) is 1.83. The molecule has 0 aliphatic carbocycles. The Morgan fingerprint density at radius 1 is 1.44 bits per heavy atom. The van der Waals surface area contributed by atoms with Crippen LogP contribution >= 0.6 is 15.9 Å². The van der Waals surface area contributed by atoms with Crippen LogP contribution in [-0.4, -0.2) is 0 Å². The monoisotopic (exact) mass is 183 g/mol. The molecule has 0 spiro atoms. The number of hydrogen-bond donors (Lipinski definition) is 0. The predicted octanol–water partition coefficient (Wildman–Crippen LogP) is 2.87. The fraction of sp³-hybridized carbons (Fsp3) is 0.250. The molecule has 1 aromatic rings. The third-order valence-electron chi connectivity index (χ3n) is 1.31. The van der Waals surface area contributed by atoms with Crippen molar-refractivity contribution in [2.45, 2.75) is 13.8 Å². The Morgan fingerprint density at radius 2 is 2.11 bits per heavy atom. The summed E-state index contributed by atoms with van der Waals surface area (Å²) in [6.07, 6.45) is 0. The zero-order chi connectivity index (χ0) is 6.85. The molecule has 0 bridgehead atoms. The molecule has 0 aliphatic rings. The van der Waals surface area contributed by atoms with Crippen molar-refractivity contribution in [3.63, 3.8) is 0 Å². The molecular formula is C8H8Br. The molecule has 1 heteroatoms. The van der Waals surface area contributed by atoms with Gasteiger partial charge in [0.05, 0.1) is 0 Å². The van der Waals surface area contributed by atoms with Crippen molar-refractivity contribution in [1.29, 1.82) is 0 Å². The number of aryl methyl sites for hydroxylation is 2. The van der Waals surface area contributed by atoms with Crippen LogP contribution in [0, 0.1) is 19.9 Å². The molecule has 0 aliphatic heterocycles. The second kappa shape index (κ2) is 2.53. The molecule has 0 atom stereocenters. The van der Waals surface area contributed by atoms with Crippen molar-refractivity contribution in [3.05, 3.63) is 33.8 Å². The summed E-state index contributed by atoms with van der Waals surface area (Å²) >= 11 is 3.45. The van der Waals surface area contributed by atoms with Gasteiger partial charge in [0.15, 0.2) is 0 Å². The zero-order valence-corrected chi connectivity index (χ0v) is 7.12. The molecule has 0 nitrogen and oxygen atoms in total. The maximum Gasteiger partial charge on any atom is 0.0239 e. The summed E-state index contributed by atoms with van der Waals surface area (Å²) in [6, 6.07) is 7.07. The van der Waals surface area contributed by atoms with Crippen LogP contribution in [-0.2, 0) is 0 Å². The fourth-order valence-electron chi connectivity index (χ4n) is 0.724. The van der Waals surface area contributed by atoms with Crippen LogP contribution in [0.4, 0.5) is 0 Å². The van der Waals surface area contributed by atoms with E-state index in [-0.39, 0.29) is 0 Å². The van der Waals surface area contributed by atoms with Crippen LogP contribution in [0.1, 0.15) is 11.1 Å². The highest BCUT2D eigenvalue weighted by Crippen LogP contribution is 2.18. The number of benzene rings is 1. The molecule has 1 rings (SSSR count). The summed E-state index contributed by atoms with van der Waals surface area (Å²) in [6.45, 7) is 4.11. The lowest BCUT2D eigenvalue weighted by molar-refractivity contribution is 1.34. The maximum absolute atomic E-state index is 3.45. The predicted molar refractivity (Wildman–Crippen MR) is 42.5 cm³/mol. The maximum atomic E-state index is 3.45. The highest BCUT2D eigenvalue weighted by molar-refractivity contribution is 9.10. The molecule has 0 amide bonds. The van der Waals surface area contributed by atoms with Crippen molar-refractivity contribution in [2.24, 2.45) is 0 Å². The topological polar surface area (TPSA) is 0 Å². The van der Waals surface area contributed by atoms with Gasteiger partial charge in [0.2, 0.25) is 0 Å². The third kappa shape index (κ3) is 1.33. The van der Waals surface area contributed by atoms with Crippen molar-refractivity contribution >= 4 is 15.9 Å². The Labute approximate surface area is 64.0 Å². The van der Waals surface area contributed by atoms with E-state index < -0.39 is 0 Å². The van der Waals surface area contributed by atoms with E-state index in [1.54, 1.807) is 0 Å². The van der Waals surface area contributed by atoms with Gasteiger partial charge in [-0.15, -0.1) is 0 Å². The lowest BCUT2D eigenvalue weighted by atomic mass is 10.2. The van der Waals surface area contributed by atoms with E-state index in [0.717, 1.165) is 0 Å². The Hall–Kier alpha value is -0.300. The standard InChI is InChI=1S/C8H8Br/c1-6-4-3-5-7(2)8(6)9/h3-4H,1-2H3. The molecule has 9 heavy (non-hydrogen) atoms. The lowest BCUT2D eigenvalue weighted by Gasteiger charge is -1.98. The SMILES string of the molecule is Cc1[c]ccc(C)c1Br. The van der Waals surface area contributed by atoms with Gasteiger partial charge in [-0.3, -0.25) is 0 Å². The first-order valence-electron chi connectivity index (χ1n) is 2.85. The molecule has 0 N–H and O–H groups in total. The highest BCUT2D eigenvalue weighted by Gasteiger charge is 1.94. The average molecular weight is 184 g/mol. The first-order valence-corrected chi connectivity index (χ1v) is 3.64. The first-order chi connectivity index (χ1) is 4.22. The van der Waals surface area contributed by atoms with E-state index in [1.165, 1.54) is 15.6 Å². The normalized spacial score (nSPS) is 9.67. The summed E-state index contributed by atoms with van der Waals surface area (Å²) in [5.74, 6) is 0.